The summed E-state index contributed by atoms with van der Waals surface area (Å²) < 4.78 is 33.7. The van der Waals surface area contributed by atoms with Crippen LogP contribution in [0, 0.1) is 0 Å². The third kappa shape index (κ3) is 4.37. The SMILES string of the molecule is COc1ccc(Cn2cc(CN3CC(N4CCCCC4)CS3(=O)=O)nn2)cc1. The maximum Gasteiger partial charge on any atom is 0.216 e. The Kier molecular flexibility index (Phi) is 5.65. The third-order valence-corrected chi connectivity index (χ3v) is 7.42. The molecule has 2 saturated heterocycles. The maximum atomic E-state index is 12.6. The zero-order chi connectivity index (χ0) is 19.6. The molecule has 4 rings (SSSR count). The van der Waals surface area contributed by atoms with Gasteiger partial charge >= 0.3 is 0 Å². The van der Waals surface area contributed by atoms with E-state index in [-0.39, 0.29) is 18.3 Å². The minimum Gasteiger partial charge on any atom is -0.497 e. The highest BCUT2D eigenvalue weighted by Gasteiger charge is 2.39. The van der Waals surface area contributed by atoms with Gasteiger partial charge in [0.25, 0.3) is 0 Å². The molecule has 1 aromatic carbocycles. The van der Waals surface area contributed by atoms with Gasteiger partial charge < -0.3 is 4.74 Å². The molecule has 1 atom stereocenters. The molecule has 0 amide bonds. The van der Waals surface area contributed by atoms with E-state index in [4.69, 9.17) is 4.74 Å². The molecule has 2 aliphatic rings. The van der Waals surface area contributed by atoms with Crippen molar-refractivity contribution >= 4 is 10.0 Å². The Morgan fingerprint density at radius 2 is 1.86 bits per heavy atom. The number of rotatable bonds is 6. The first-order valence-corrected chi connectivity index (χ1v) is 11.4. The minimum atomic E-state index is -3.24. The molecular formula is C19H27N5O3S. The molecule has 0 spiro atoms. The first kappa shape index (κ1) is 19.4. The van der Waals surface area contributed by atoms with Crippen LogP contribution in [0.15, 0.2) is 30.5 Å². The van der Waals surface area contributed by atoms with E-state index in [2.05, 4.69) is 15.2 Å². The summed E-state index contributed by atoms with van der Waals surface area (Å²) in [7, 11) is -1.60. The molecule has 2 fully saturated rings. The molecule has 1 aromatic heterocycles. The summed E-state index contributed by atoms with van der Waals surface area (Å²) in [5, 5.41) is 8.34. The highest BCUT2D eigenvalue weighted by Crippen LogP contribution is 2.23. The van der Waals surface area contributed by atoms with Gasteiger partial charge in [-0.1, -0.05) is 23.8 Å². The fraction of sp³-hybridized carbons (Fsp3) is 0.579. The van der Waals surface area contributed by atoms with E-state index in [0.29, 0.717) is 18.8 Å². The lowest BCUT2D eigenvalue weighted by molar-refractivity contribution is 0.167. The third-order valence-electron chi connectivity index (χ3n) is 5.55. The molecule has 2 aromatic rings. The van der Waals surface area contributed by atoms with Crippen molar-refractivity contribution in [3.63, 3.8) is 0 Å². The molecule has 1 unspecified atom stereocenters. The predicted molar refractivity (Wildman–Crippen MR) is 106 cm³/mol. The van der Waals surface area contributed by atoms with Gasteiger partial charge in [0.1, 0.15) is 5.75 Å². The smallest absolute Gasteiger partial charge is 0.216 e. The summed E-state index contributed by atoms with van der Waals surface area (Å²) in [6, 6.07) is 7.87. The highest BCUT2D eigenvalue weighted by molar-refractivity contribution is 7.89. The summed E-state index contributed by atoms with van der Waals surface area (Å²) in [6.45, 7) is 3.43. The molecular weight excluding hydrogens is 378 g/mol. The molecule has 9 heteroatoms. The lowest BCUT2D eigenvalue weighted by Gasteiger charge is -2.31. The fourth-order valence-corrected chi connectivity index (χ4v) is 5.75. The van der Waals surface area contributed by atoms with E-state index in [1.54, 1.807) is 16.1 Å². The van der Waals surface area contributed by atoms with Gasteiger partial charge in [0.15, 0.2) is 0 Å². The van der Waals surface area contributed by atoms with Gasteiger partial charge in [0, 0.05) is 12.6 Å². The average Bonchev–Trinajstić information content (AvgIpc) is 3.27. The van der Waals surface area contributed by atoms with Crippen LogP contribution in [0.5, 0.6) is 5.75 Å². The Morgan fingerprint density at radius 1 is 1.11 bits per heavy atom. The van der Waals surface area contributed by atoms with Crippen molar-refractivity contribution < 1.29 is 13.2 Å². The second-order valence-corrected chi connectivity index (χ2v) is 9.59. The standard InChI is InChI=1S/C19H27N5O3S/c1-27-19-7-5-16(6-8-19)11-23-12-17(20-21-23)13-24-14-18(15-28(24,25)26)22-9-3-2-4-10-22/h5-8,12,18H,2-4,9-11,13-15H2,1H3. The van der Waals surface area contributed by atoms with Crippen molar-refractivity contribution in [1.29, 1.82) is 0 Å². The van der Waals surface area contributed by atoms with Crippen LogP contribution in [0.3, 0.4) is 0 Å². The molecule has 0 N–H and O–H groups in total. The molecule has 28 heavy (non-hydrogen) atoms. The normalized spacial score (nSPS) is 23.1. The van der Waals surface area contributed by atoms with Crippen molar-refractivity contribution in [2.45, 2.75) is 38.4 Å². The number of methoxy groups -OCH3 is 1. The molecule has 8 nitrogen and oxygen atoms in total. The lowest BCUT2D eigenvalue weighted by atomic mass is 10.1. The van der Waals surface area contributed by atoms with Gasteiger partial charge in [-0.3, -0.25) is 4.90 Å². The van der Waals surface area contributed by atoms with Crippen molar-refractivity contribution in [3.8, 4) is 5.75 Å². The number of ether oxygens (including phenoxy) is 1. The van der Waals surface area contributed by atoms with E-state index >= 15 is 0 Å². The number of piperidine rings is 1. The van der Waals surface area contributed by atoms with Crippen molar-refractivity contribution in [1.82, 2.24) is 24.2 Å². The molecule has 0 aliphatic carbocycles. The number of nitrogens with zero attached hydrogens (tertiary/aromatic N) is 5. The summed E-state index contributed by atoms with van der Waals surface area (Å²) in [5.41, 5.74) is 1.76. The number of likely N-dealkylation sites (tertiary alicyclic amines) is 1. The maximum absolute atomic E-state index is 12.6. The highest BCUT2D eigenvalue weighted by atomic mass is 32.2. The summed E-state index contributed by atoms with van der Waals surface area (Å²) in [6.07, 6.45) is 5.40. The van der Waals surface area contributed by atoms with Crippen LogP contribution < -0.4 is 4.74 Å². The van der Waals surface area contributed by atoms with Gasteiger partial charge in [-0.25, -0.2) is 13.1 Å². The van der Waals surface area contributed by atoms with Crippen LogP contribution in [0.25, 0.3) is 0 Å². The van der Waals surface area contributed by atoms with E-state index in [9.17, 15) is 8.42 Å². The van der Waals surface area contributed by atoms with E-state index < -0.39 is 10.0 Å². The van der Waals surface area contributed by atoms with E-state index in [0.717, 1.165) is 37.2 Å². The fourth-order valence-electron chi connectivity index (χ4n) is 4.00. The number of aromatic nitrogens is 3. The van der Waals surface area contributed by atoms with Gasteiger partial charge in [-0.15, -0.1) is 5.10 Å². The van der Waals surface area contributed by atoms with E-state index in [1.807, 2.05) is 30.5 Å². The Bertz CT molecular complexity index is 891. The number of hydrogen-bond acceptors (Lipinski definition) is 6. The Hall–Kier alpha value is -1.97. The first-order valence-electron chi connectivity index (χ1n) is 9.77. The number of sulfonamides is 1. The second-order valence-electron chi connectivity index (χ2n) is 7.58. The van der Waals surface area contributed by atoms with Gasteiger partial charge in [-0.05, 0) is 43.6 Å². The zero-order valence-electron chi connectivity index (χ0n) is 16.2. The topological polar surface area (TPSA) is 80.6 Å². The Morgan fingerprint density at radius 3 is 2.57 bits per heavy atom. The predicted octanol–water partition coefficient (Wildman–Crippen LogP) is 1.33. The largest absolute Gasteiger partial charge is 0.497 e. The Balaban J connectivity index is 1.38. The summed E-state index contributed by atoms with van der Waals surface area (Å²) >= 11 is 0. The molecule has 0 saturated carbocycles. The summed E-state index contributed by atoms with van der Waals surface area (Å²) in [5.74, 6) is 1.03. The van der Waals surface area contributed by atoms with Crippen LogP contribution in [-0.2, 0) is 23.1 Å². The Labute approximate surface area is 166 Å². The molecule has 2 aliphatic heterocycles. The van der Waals surface area contributed by atoms with Gasteiger partial charge in [0.2, 0.25) is 10.0 Å². The van der Waals surface area contributed by atoms with Gasteiger partial charge in [0.05, 0.1) is 37.8 Å². The quantitative estimate of drug-likeness (QED) is 0.721. The molecule has 152 valence electrons. The van der Waals surface area contributed by atoms with Gasteiger partial charge in [-0.2, -0.15) is 4.31 Å². The first-order chi connectivity index (χ1) is 13.5. The van der Waals surface area contributed by atoms with E-state index in [1.165, 1.54) is 6.42 Å². The van der Waals surface area contributed by atoms with Crippen LogP contribution in [0.2, 0.25) is 0 Å². The lowest BCUT2D eigenvalue weighted by Crippen LogP contribution is -2.42. The van der Waals surface area contributed by atoms with Crippen molar-refractivity contribution in [2.24, 2.45) is 0 Å². The molecule has 0 bridgehead atoms. The molecule has 0 radical (unpaired) electrons. The van der Waals surface area contributed by atoms with Crippen LogP contribution in [-0.4, -0.2) is 71.2 Å². The second kappa shape index (κ2) is 8.18. The van der Waals surface area contributed by atoms with Crippen LogP contribution >= 0.6 is 0 Å². The van der Waals surface area contributed by atoms with Crippen LogP contribution in [0.4, 0.5) is 0 Å². The van der Waals surface area contributed by atoms with Crippen molar-refractivity contribution in [3.05, 3.63) is 41.7 Å². The minimum absolute atomic E-state index is 0.0969. The number of hydrogen-bond donors (Lipinski definition) is 0. The molecule has 3 heterocycles. The van der Waals surface area contributed by atoms with Crippen molar-refractivity contribution in [2.75, 3.05) is 32.5 Å². The zero-order valence-corrected chi connectivity index (χ0v) is 17.0. The number of benzene rings is 1. The monoisotopic (exact) mass is 405 g/mol. The average molecular weight is 406 g/mol. The summed E-state index contributed by atoms with van der Waals surface area (Å²) in [4.78, 5) is 2.33. The van der Waals surface area contributed by atoms with Crippen LogP contribution in [0.1, 0.15) is 30.5 Å².